The standard InChI is InChI=1S/C10H12OS2/c11-10(2-3-10)9-5-7-6-12-4-1-8(7)13-9/h5,11H,1-4,6H2. The van der Waals surface area contributed by atoms with E-state index in [1.54, 1.807) is 0 Å². The molecule has 3 rings (SSSR count). The molecule has 1 N–H and O–H groups in total. The minimum absolute atomic E-state index is 0.410. The van der Waals surface area contributed by atoms with Crippen molar-refractivity contribution in [1.29, 1.82) is 0 Å². The minimum atomic E-state index is -0.410. The van der Waals surface area contributed by atoms with Gasteiger partial charge in [-0.2, -0.15) is 11.8 Å². The topological polar surface area (TPSA) is 20.2 Å². The van der Waals surface area contributed by atoms with E-state index in [0.29, 0.717) is 0 Å². The van der Waals surface area contributed by atoms with Crippen molar-refractivity contribution >= 4 is 23.1 Å². The molecule has 13 heavy (non-hydrogen) atoms. The summed E-state index contributed by atoms with van der Waals surface area (Å²) in [7, 11) is 0. The minimum Gasteiger partial charge on any atom is -0.384 e. The van der Waals surface area contributed by atoms with Crippen LogP contribution in [-0.2, 0) is 17.8 Å². The molecule has 2 aliphatic rings. The van der Waals surface area contributed by atoms with Gasteiger partial charge in [-0.15, -0.1) is 11.3 Å². The van der Waals surface area contributed by atoms with Gasteiger partial charge in [-0.05, 0) is 36.6 Å². The zero-order valence-electron chi connectivity index (χ0n) is 7.38. The second kappa shape index (κ2) is 2.75. The van der Waals surface area contributed by atoms with E-state index in [1.165, 1.54) is 27.5 Å². The Hall–Kier alpha value is 0.01000. The van der Waals surface area contributed by atoms with Crippen LogP contribution in [0.25, 0.3) is 0 Å². The van der Waals surface area contributed by atoms with E-state index in [4.69, 9.17) is 0 Å². The van der Waals surface area contributed by atoms with E-state index in [-0.39, 0.29) is 0 Å². The largest absolute Gasteiger partial charge is 0.384 e. The normalized spacial score (nSPS) is 24.1. The summed E-state index contributed by atoms with van der Waals surface area (Å²) in [5, 5.41) is 9.95. The molecule has 3 heteroatoms. The molecule has 0 saturated heterocycles. The first kappa shape index (κ1) is 8.33. The van der Waals surface area contributed by atoms with Crippen molar-refractivity contribution in [3.63, 3.8) is 0 Å². The Morgan fingerprint density at radius 1 is 1.38 bits per heavy atom. The zero-order valence-corrected chi connectivity index (χ0v) is 9.01. The quantitative estimate of drug-likeness (QED) is 0.772. The van der Waals surface area contributed by atoms with Crippen LogP contribution in [0.4, 0.5) is 0 Å². The highest BCUT2D eigenvalue weighted by Gasteiger charge is 2.43. The predicted octanol–water partition coefficient (Wildman–Crippen LogP) is 2.52. The summed E-state index contributed by atoms with van der Waals surface area (Å²) >= 11 is 3.85. The van der Waals surface area contributed by atoms with Crippen molar-refractivity contribution in [2.24, 2.45) is 0 Å². The SMILES string of the molecule is OC1(c2cc3c(s2)CCSC3)CC1. The zero-order chi connectivity index (χ0) is 8.89. The second-order valence-corrected chi connectivity index (χ2v) is 6.14. The van der Waals surface area contributed by atoms with E-state index in [9.17, 15) is 5.11 Å². The number of hydrogen-bond donors (Lipinski definition) is 1. The van der Waals surface area contributed by atoms with Crippen LogP contribution in [-0.4, -0.2) is 10.9 Å². The van der Waals surface area contributed by atoms with Crippen LogP contribution in [0.1, 0.15) is 28.2 Å². The van der Waals surface area contributed by atoms with Gasteiger partial charge in [0.25, 0.3) is 0 Å². The lowest BCUT2D eigenvalue weighted by atomic mass is 10.2. The lowest BCUT2D eigenvalue weighted by Gasteiger charge is -2.08. The maximum Gasteiger partial charge on any atom is 0.0990 e. The number of aliphatic hydroxyl groups is 1. The fourth-order valence-corrected chi connectivity index (χ4v) is 4.26. The Labute approximate surface area is 86.2 Å². The Bertz CT molecular complexity index is 315. The fourth-order valence-electron chi connectivity index (χ4n) is 1.74. The van der Waals surface area contributed by atoms with Crippen LogP contribution in [0.3, 0.4) is 0 Å². The number of thiophene rings is 1. The van der Waals surface area contributed by atoms with E-state index in [2.05, 4.69) is 6.07 Å². The van der Waals surface area contributed by atoms with Gasteiger partial charge < -0.3 is 5.11 Å². The van der Waals surface area contributed by atoms with Crippen LogP contribution < -0.4 is 0 Å². The predicted molar refractivity (Wildman–Crippen MR) is 57.3 cm³/mol. The van der Waals surface area contributed by atoms with Crippen molar-refractivity contribution in [3.8, 4) is 0 Å². The first-order valence-electron chi connectivity index (χ1n) is 4.70. The Balaban J connectivity index is 2.00. The van der Waals surface area contributed by atoms with Gasteiger partial charge in [-0.25, -0.2) is 0 Å². The molecule has 1 fully saturated rings. The number of hydrogen-bond acceptors (Lipinski definition) is 3. The van der Waals surface area contributed by atoms with E-state index in [1.807, 2.05) is 23.1 Å². The molecular weight excluding hydrogens is 200 g/mol. The average Bonchev–Trinajstić information content (AvgIpc) is 2.76. The number of aryl methyl sites for hydroxylation is 1. The summed E-state index contributed by atoms with van der Waals surface area (Å²) in [5.74, 6) is 2.41. The van der Waals surface area contributed by atoms with Gasteiger partial charge in [0, 0.05) is 15.5 Å². The Morgan fingerprint density at radius 2 is 2.23 bits per heavy atom. The van der Waals surface area contributed by atoms with Gasteiger partial charge >= 0.3 is 0 Å². The number of thioether (sulfide) groups is 1. The lowest BCUT2D eigenvalue weighted by molar-refractivity contribution is 0.155. The van der Waals surface area contributed by atoms with Gasteiger partial charge in [0.1, 0.15) is 0 Å². The van der Waals surface area contributed by atoms with Gasteiger partial charge in [0.15, 0.2) is 0 Å². The summed E-state index contributed by atoms with van der Waals surface area (Å²) in [4.78, 5) is 2.74. The highest BCUT2D eigenvalue weighted by Crippen LogP contribution is 2.49. The molecule has 0 bridgehead atoms. The average molecular weight is 212 g/mol. The van der Waals surface area contributed by atoms with E-state index < -0.39 is 5.60 Å². The van der Waals surface area contributed by atoms with Crippen LogP contribution in [0.2, 0.25) is 0 Å². The maximum atomic E-state index is 9.95. The van der Waals surface area contributed by atoms with Gasteiger partial charge in [0.05, 0.1) is 5.60 Å². The Kier molecular flexibility index (Phi) is 1.76. The molecule has 0 radical (unpaired) electrons. The molecule has 1 aromatic rings. The maximum absolute atomic E-state index is 9.95. The molecule has 1 aliphatic heterocycles. The third-order valence-electron chi connectivity index (χ3n) is 2.81. The number of fused-ring (bicyclic) bond motifs is 1. The highest BCUT2D eigenvalue weighted by atomic mass is 32.2. The van der Waals surface area contributed by atoms with Crippen molar-refractivity contribution in [2.75, 3.05) is 5.75 Å². The van der Waals surface area contributed by atoms with Crippen LogP contribution >= 0.6 is 23.1 Å². The van der Waals surface area contributed by atoms with Crippen molar-refractivity contribution in [2.45, 2.75) is 30.6 Å². The lowest BCUT2D eigenvalue weighted by Crippen LogP contribution is -1.99. The molecule has 0 amide bonds. The molecule has 1 nitrogen and oxygen atoms in total. The van der Waals surface area contributed by atoms with Crippen LogP contribution in [0, 0.1) is 0 Å². The third kappa shape index (κ3) is 1.34. The van der Waals surface area contributed by atoms with Gasteiger partial charge in [-0.1, -0.05) is 0 Å². The van der Waals surface area contributed by atoms with Crippen molar-refractivity contribution in [1.82, 2.24) is 0 Å². The second-order valence-electron chi connectivity index (χ2n) is 3.89. The molecule has 1 saturated carbocycles. The van der Waals surface area contributed by atoms with E-state index in [0.717, 1.165) is 18.6 Å². The monoisotopic (exact) mass is 212 g/mol. The summed E-state index contributed by atoms with van der Waals surface area (Å²) in [6.45, 7) is 0. The summed E-state index contributed by atoms with van der Waals surface area (Å²) in [5.41, 5.74) is 1.07. The number of rotatable bonds is 1. The summed E-state index contributed by atoms with van der Waals surface area (Å²) < 4.78 is 0. The third-order valence-corrected chi connectivity index (χ3v) is 5.25. The molecule has 0 unspecified atom stereocenters. The molecule has 1 aromatic heterocycles. The molecule has 0 atom stereocenters. The van der Waals surface area contributed by atoms with Crippen LogP contribution in [0.15, 0.2) is 6.07 Å². The van der Waals surface area contributed by atoms with Crippen molar-refractivity contribution < 1.29 is 5.11 Å². The fraction of sp³-hybridized carbons (Fsp3) is 0.600. The first-order chi connectivity index (χ1) is 6.28. The molecular formula is C10H12OS2. The summed E-state index contributed by atoms with van der Waals surface area (Å²) in [6, 6.07) is 2.24. The summed E-state index contributed by atoms with van der Waals surface area (Å²) in [6.07, 6.45) is 3.15. The van der Waals surface area contributed by atoms with Crippen LogP contribution in [0.5, 0.6) is 0 Å². The Morgan fingerprint density at radius 3 is 2.92 bits per heavy atom. The molecule has 0 aromatic carbocycles. The van der Waals surface area contributed by atoms with E-state index >= 15 is 0 Å². The molecule has 2 heterocycles. The highest BCUT2D eigenvalue weighted by molar-refractivity contribution is 7.98. The molecule has 70 valence electrons. The molecule has 1 aliphatic carbocycles. The smallest absolute Gasteiger partial charge is 0.0990 e. The van der Waals surface area contributed by atoms with Gasteiger partial charge in [-0.3, -0.25) is 0 Å². The van der Waals surface area contributed by atoms with Gasteiger partial charge in [0.2, 0.25) is 0 Å². The van der Waals surface area contributed by atoms with Crippen molar-refractivity contribution in [3.05, 3.63) is 21.4 Å². The molecule has 0 spiro atoms. The first-order valence-corrected chi connectivity index (χ1v) is 6.67.